The van der Waals surface area contributed by atoms with Crippen molar-refractivity contribution in [2.45, 2.75) is 83.1 Å². The van der Waals surface area contributed by atoms with Crippen molar-refractivity contribution in [1.82, 2.24) is 0 Å². The highest BCUT2D eigenvalue weighted by molar-refractivity contribution is 6.40. The van der Waals surface area contributed by atoms with Gasteiger partial charge in [-0.3, -0.25) is 14.4 Å². The minimum Gasteiger partial charge on any atom is -0.455 e. The van der Waals surface area contributed by atoms with Crippen LogP contribution < -0.4 is 0 Å². The van der Waals surface area contributed by atoms with Crippen LogP contribution in [0.3, 0.4) is 0 Å². The molecule has 0 radical (unpaired) electrons. The average Bonchev–Trinajstić information content (AvgIpc) is 2.87. The molecule has 4 unspecified atom stereocenters. The zero-order valence-corrected chi connectivity index (χ0v) is 22.7. The molecule has 10 atom stereocenters. The summed E-state index contributed by atoms with van der Waals surface area (Å²) in [5.74, 6) is -6.47. The first-order chi connectivity index (χ1) is 18.1. The Bertz CT molecular complexity index is 1210. The molecule has 3 aliphatic carbocycles. The summed E-state index contributed by atoms with van der Waals surface area (Å²) in [4.78, 5) is 54.2. The zero-order chi connectivity index (χ0) is 28.7. The molecule has 1 aromatic carbocycles. The van der Waals surface area contributed by atoms with Gasteiger partial charge in [0.15, 0.2) is 5.60 Å². The number of hydrogen-bond acceptors (Lipinski definition) is 10. The van der Waals surface area contributed by atoms with Gasteiger partial charge < -0.3 is 29.5 Å². The molecule has 10 heteroatoms. The van der Waals surface area contributed by atoms with Gasteiger partial charge >= 0.3 is 11.9 Å². The highest BCUT2D eigenvalue weighted by Gasteiger charge is 2.78. The Balaban J connectivity index is 1.80. The standard InChI is InChI=1S/C29H36O10/c1-14-17(31)12-29(36)24(38-25(35)16-9-7-6-8-10-16)22-27(5,23(34)21(33)20(14)26(29,3)4)18(32)11-19-28(22,13-37-19)39-15(2)30/h6-10,14,17-20,22,24,31-32,36H,11-13H2,1-5H3/t14?,17?,18-,19+,20?,22-,24?,27+,28-,29+/m0/s1. The van der Waals surface area contributed by atoms with Crippen LogP contribution in [0.15, 0.2) is 30.3 Å². The Morgan fingerprint density at radius 3 is 2.28 bits per heavy atom. The van der Waals surface area contributed by atoms with Crippen molar-refractivity contribution in [3.63, 3.8) is 0 Å². The Kier molecular flexibility index (Phi) is 6.38. The number of rotatable bonds is 3. The van der Waals surface area contributed by atoms with Gasteiger partial charge in [0.25, 0.3) is 0 Å². The maximum atomic E-state index is 14.2. The molecule has 0 aromatic heterocycles. The van der Waals surface area contributed by atoms with E-state index in [0.29, 0.717) is 0 Å². The van der Waals surface area contributed by atoms with Crippen LogP contribution in [0.4, 0.5) is 0 Å². The summed E-state index contributed by atoms with van der Waals surface area (Å²) in [6.45, 7) is 7.28. The Morgan fingerprint density at radius 1 is 1.08 bits per heavy atom. The molecule has 1 aromatic rings. The quantitative estimate of drug-likeness (QED) is 0.373. The number of esters is 2. The van der Waals surface area contributed by atoms with E-state index < -0.39 is 87.7 Å². The summed E-state index contributed by atoms with van der Waals surface area (Å²) < 4.78 is 17.7. The third-order valence-electron chi connectivity index (χ3n) is 10.2. The number of Topliss-reactive ketones (excluding diaryl/α,β-unsaturated/α-hetero) is 2. The third kappa shape index (κ3) is 3.61. The molecule has 0 spiro atoms. The van der Waals surface area contributed by atoms with Crippen molar-refractivity contribution in [2.75, 3.05) is 6.61 Å². The van der Waals surface area contributed by atoms with Crippen molar-refractivity contribution in [1.29, 1.82) is 0 Å². The van der Waals surface area contributed by atoms with Crippen LogP contribution in [0.5, 0.6) is 0 Å². The van der Waals surface area contributed by atoms with Crippen molar-refractivity contribution >= 4 is 23.5 Å². The molecule has 10 nitrogen and oxygen atoms in total. The van der Waals surface area contributed by atoms with Crippen LogP contribution in [-0.2, 0) is 28.6 Å². The number of aliphatic hydroxyl groups is 3. The Hall–Kier alpha value is -2.66. The number of fused-ring (bicyclic) bond motifs is 5. The summed E-state index contributed by atoms with van der Waals surface area (Å²) in [7, 11) is 0. The number of hydrogen-bond donors (Lipinski definition) is 3. The Morgan fingerprint density at radius 2 is 1.72 bits per heavy atom. The summed E-state index contributed by atoms with van der Waals surface area (Å²) >= 11 is 0. The third-order valence-corrected chi connectivity index (χ3v) is 10.2. The highest BCUT2D eigenvalue weighted by Crippen LogP contribution is 2.64. The number of aliphatic hydroxyl groups excluding tert-OH is 2. The molecule has 4 fully saturated rings. The van der Waals surface area contributed by atoms with Gasteiger partial charge in [-0.15, -0.1) is 0 Å². The number of carbonyl (C=O) groups is 4. The van der Waals surface area contributed by atoms with Crippen molar-refractivity contribution in [3.8, 4) is 0 Å². The van der Waals surface area contributed by atoms with Gasteiger partial charge in [-0.05, 0) is 25.0 Å². The van der Waals surface area contributed by atoms with Gasteiger partial charge in [0.1, 0.15) is 17.8 Å². The average molecular weight is 545 g/mol. The molecule has 3 saturated carbocycles. The summed E-state index contributed by atoms with van der Waals surface area (Å²) in [5, 5.41) is 35.2. The first kappa shape index (κ1) is 27.9. The van der Waals surface area contributed by atoms with E-state index >= 15 is 0 Å². The van der Waals surface area contributed by atoms with Crippen molar-refractivity contribution in [3.05, 3.63) is 35.9 Å². The van der Waals surface area contributed by atoms with Crippen LogP contribution in [0.1, 0.15) is 57.8 Å². The minimum atomic E-state index is -2.07. The van der Waals surface area contributed by atoms with E-state index in [1.165, 1.54) is 26.0 Å². The maximum Gasteiger partial charge on any atom is 0.338 e. The van der Waals surface area contributed by atoms with E-state index in [0.717, 1.165) is 0 Å². The normalized spacial score (nSPS) is 44.6. The fourth-order valence-electron chi connectivity index (χ4n) is 7.95. The molecule has 212 valence electrons. The molecular weight excluding hydrogens is 508 g/mol. The molecule has 39 heavy (non-hydrogen) atoms. The van der Waals surface area contributed by atoms with Gasteiger partial charge in [-0.25, -0.2) is 4.79 Å². The van der Waals surface area contributed by atoms with E-state index in [2.05, 4.69) is 0 Å². The first-order valence-corrected chi connectivity index (χ1v) is 13.4. The first-order valence-electron chi connectivity index (χ1n) is 13.4. The topological polar surface area (TPSA) is 157 Å². The number of ether oxygens (including phenoxy) is 3. The van der Waals surface area contributed by atoms with Crippen LogP contribution in [0.2, 0.25) is 0 Å². The summed E-state index contributed by atoms with van der Waals surface area (Å²) in [5.41, 5.74) is -6.75. The second-order valence-corrected chi connectivity index (χ2v) is 12.5. The lowest BCUT2D eigenvalue weighted by molar-refractivity contribution is -0.349. The fraction of sp³-hybridized carbons (Fsp3) is 0.655. The fourth-order valence-corrected chi connectivity index (χ4v) is 7.95. The summed E-state index contributed by atoms with van der Waals surface area (Å²) in [6, 6.07) is 8.06. The van der Waals surface area contributed by atoms with E-state index in [9.17, 15) is 34.5 Å². The van der Waals surface area contributed by atoms with Gasteiger partial charge in [0.2, 0.25) is 11.6 Å². The highest BCUT2D eigenvalue weighted by atomic mass is 16.6. The molecular formula is C29H36O10. The molecule has 4 aliphatic rings. The lowest BCUT2D eigenvalue weighted by atomic mass is 9.42. The van der Waals surface area contributed by atoms with Gasteiger partial charge in [0.05, 0.1) is 35.7 Å². The minimum absolute atomic E-state index is 0.108. The van der Waals surface area contributed by atoms with Gasteiger partial charge in [-0.2, -0.15) is 0 Å². The van der Waals surface area contributed by atoms with Crippen LogP contribution in [0.25, 0.3) is 0 Å². The van der Waals surface area contributed by atoms with Crippen molar-refractivity contribution in [2.24, 2.45) is 28.6 Å². The molecule has 3 N–H and O–H groups in total. The largest absolute Gasteiger partial charge is 0.455 e. The van der Waals surface area contributed by atoms with E-state index in [-0.39, 0.29) is 25.0 Å². The van der Waals surface area contributed by atoms with E-state index in [1.807, 2.05) is 0 Å². The Labute approximate surface area is 226 Å². The van der Waals surface area contributed by atoms with Crippen LogP contribution in [0, 0.1) is 28.6 Å². The number of carbonyl (C=O) groups excluding carboxylic acids is 4. The van der Waals surface area contributed by atoms with Gasteiger partial charge in [-0.1, -0.05) is 39.0 Å². The predicted molar refractivity (Wildman–Crippen MR) is 134 cm³/mol. The van der Waals surface area contributed by atoms with Crippen molar-refractivity contribution < 1.29 is 48.7 Å². The number of ketones is 2. The monoisotopic (exact) mass is 544 g/mol. The maximum absolute atomic E-state index is 14.2. The number of benzene rings is 1. The van der Waals surface area contributed by atoms with Crippen LogP contribution >= 0.6 is 0 Å². The zero-order valence-electron chi connectivity index (χ0n) is 22.7. The lowest BCUT2D eigenvalue weighted by Gasteiger charge is -2.67. The molecule has 1 heterocycles. The molecule has 1 saturated heterocycles. The smallest absolute Gasteiger partial charge is 0.338 e. The molecule has 5 rings (SSSR count). The SMILES string of the molecule is CC(=O)O[C@@]12CO[C@@H]1C[C@H](O)[C@@]1(C)C(=O)C(=O)C3C(C)C(O)C[C@@](O)(C(OC(=O)c4ccccc4)[C@H]21)C3(C)C. The molecule has 1 aliphatic heterocycles. The van der Waals surface area contributed by atoms with E-state index in [1.54, 1.807) is 39.0 Å². The predicted octanol–water partition coefficient (Wildman–Crippen LogP) is 1.23. The molecule has 2 bridgehead atoms. The lowest BCUT2D eigenvalue weighted by Crippen LogP contribution is -2.82. The van der Waals surface area contributed by atoms with Crippen LogP contribution in [-0.4, -0.2) is 81.0 Å². The van der Waals surface area contributed by atoms with Gasteiger partial charge in [0, 0.05) is 31.1 Å². The second kappa shape index (κ2) is 8.92. The van der Waals surface area contributed by atoms with E-state index in [4.69, 9.17) is 14.2 Å². The summed E-state index contributed by atoms with van der Waals surface area (Å²) in [6.07, 6.45) is -5.48. The second-order valence-electron chi connectivity index (χ2n) is 12.5. The molecule has 0 amide bonds.